The van der Waals surface area contributed by atoms with E-state index in [1.54, 1.807) is 0 Å². The number of hydrogen-bond donors (Lipinski definition) is 2. The molecule has 0 aromatic carbocycles. The zero-order chi connectivity index (χ0) is 12.5. The van der Waals surface area contributed by atoms with Gasteiger partial charge in [-0.2, -0.15) is 0 Å². The first kappa shape index (κ1) is 12.1. The summed E-state index contributed by atoms with van der Waals surface area (Å²) in [4.78, 5) is 10.1. The minimum absolute atomic E-state index is 0.168. The topological polar surface area (TPSA) is 101 Å². The number of nitrogens with one attached hydrogen (secondary N) is 1. The smallest absolute Gasteiger partial charge is 0.153 e. The summed E-state index contributed by atoms with van der Waals surface area (Å²) in [5, 5.41) is 0. The van der Waals surface area contributed by atoms with Gasteiger partial charge < -0.3 is 10.3 Å². The third kappa shape index (κ3) is 2.47. The molecular formula is C9H15N5O2S. The van der Waals surface area contributed by atoms with Crippen molar-refractivity contribution in [1.82, 2.24) is 9.97 Å². The highest BCUT2D eigenvalue weighted by molar-refractivity contribution is 7.91. The molecule has 0 saturated carbocycles. The molecule has 0 aliphatic carbocycles. The molecule has 1 saturated heterocycles. The van der Waals surface area contributed by atoms with Gasteiger partial charge in [0.25, 0.3) is 0 Å². The van der Waals surface area contributed by atoms with Gasteiger partial charge in [-0.05, 0) is 6.92 Å². The monoisotopic (exact) mass is 257 g/mol. The molecule has 1 aromatic rings. The lowest BCUT2D eigenvalue weighted by molar-refractivity contribution is 0.586. The standard InChI is InChI=1S/C9H15N5O2S/c1-7-8(13-10)11-6-12-9(7)14-2-4-17(15,16)5-3-14/h6H,2-5,10H2,1H3,(H,11,12,13). The van der Waals surface area contributed by atoms with Gasteiger partial charge in [0.1, 0.15) is 18.0 Å². The summed E-state index contributed by atoms with van der Waals surface area (Å²) in [5.41, 5.74) is 3.32. The normalized spacial score (nSPS) is 19.1. The van der Waals surface area contributed by atoms with E-state index in [4.69, 9.17) is 5.84 Å². The molecule has 1 aliphatic heterocycles. The summed E-state index contributed by atoms with van der Waals surface area (Å²) in [6.07, 6.45) is 1.42. The summed E-state index contributed by atoms with van der Waals surface area (Å²) in [5.74, 6) is 6.97. The summed E-state index contributed by atoms with van der Waals surface area (Å²) in [6, 6.07) is 0. The second-order valence-electron chi connectivity index (χ2n) is 3.95. The largest absolute Gasteiger partial charge is 0.354 e. The van der Waals surface area contributed by atoms with E-state index < -0.39 is 9.84 Å². The van der Waals surface area contributed by atoms with Gasteiger partial charge >= 0.3 is 0 Å². The van der Waals surface area contributed by atoms with Gasteiger partial charge in [-0.25, -0.2) is 24.2 Å². The Kier molecular flexibility index (Phi) is 3.16. The molecule has 0 atom stereocenters. The molecule has 2 heterocycles. The van der Waals surface area contributed by atoms with Crippen LogP contribution in [-0.4, -0.2) is 43.0 Å². The van der Waals surface area contributed by atoms with Gasteiger partial charge in [-0.3, -0.25) is 0 Å². The van der Waals surface area contributed by atoms with E-state index in [1.165, 1.54) is 6.33 Å². The Hall–Kier alpha value is -1.41. The predicted molar refractivity (Wildman–Crippen MR) is 65.4 cm³/mol. The fourth-order valence-corrected chi connectivity index (χ4v) is 3.03. The first-order valence-corrected chi connectivity index (χ1v) is 7.09. The van der Waals surface area contributed by atoms with Gasteiger partial charge in [0.05, 0.1) is 11.5 Å². The second kappa shape index (κ2) is 4.46. The molecule has 8 heteroatoms. The van der Waals surface area contributed by atoms with Crippen LogP contribution in [0.1, 0.15) is 5.56 Å². The van der Waals surface area contributed by atoms with Crippen LogP contribution in [0, 0.1) is 6.92 Å². The van der Waals surface area contributed by atoms with E-state index in [0.29, 0.717) is 18.9 Å². The van der Waals surface area contributed by atoms with Crippen LogP contribution >= 0.6 is 0 Å². The fraction of sp³-hybridized carbons (Fsp3) is 0.556. The minimum Gasteiger partial charge on any atom is -0.354 e. The summed E-state index contributed by atoms with van der Waals surface area (Å²) in [6.45, 7) is 2.78. The number of nitrogens with two attached hydrogens (primary N) is 1. The van der Waals surface area contributed by atoms with Gasteiger partial charge in [0.2, 0.25) is 0 Å². The summed E-state index contributed by atoms with van der Waals surface area (Å²) < 4.78 is 22.7. The first-order chi connectivity index (χ1) is 8.03. The molecule has 1 fully saturated rings. The van der Waals surface area contributed by atoms with Crippen molar-refractivity contribution in [1.29, 1.82) is 0 Å². The summed E-state index contributed by atoms with van der Waals surface area (Å²) in [7, 11) is -2.88. The molecule has 17 heavy (non-hydrogen) atoms. The van der Waals surface area contributed by atoms with Crippen molar-refractivity contribution >= 4 is 21.5 Å². The van der Waals surface area contributed by atoms with E-state index in [2.05, 4.69) is 15.4 Å². The quantitative estimate of drug-likeness (QED) is 0.534. The van der Waals surface area contributed by atoms with Crippen LogP contribution < -0.4 is 16.2 Å². The molecular weight excluding hydrogens is 242 g/mol. The van der Waals surface area contributed by atoms with Crippen molar-refractivity contribution in [3.05, 3.63) is 11.9 Å². The van der Waals surface area contributed by atoms with Gasteiger partial charge in [-0.1, -0.05) is 0 Å². The van der Waals surface area contributed by atoms with Gasteiger partial charge in [0.15, 0.2) is 9.84 Å². The van der Waals surface area contributed by atoms with Crippen molar-refractivity contribution in [2.75, 3.05) is 34.9 Å². The SMILES string of the molecule is Cc1c(NN)ncnc1N1CCS(=O)(=O)CC1. The Morgan fingerprint density at radius 2 is 2.00 bits per heavy atom. The van der Waals surface area contributed by atoms with Gasteiger partial charge in [-0.15, -0.1) is 0 Å². The van der Waals surface area contributed by atoms with E-state index in [9.17, 15) is 8.42 Å². The number of rotatable bonds is 2. The number of aromatic nitrogens is 2. The Balaban J connectivity index is 2.24. The van der Waals surface area contributed by atoms with Crippen molar-refractivity contribution in [3.63, 3.8) is 0 Å². The van der Waals surface area contributed by atoms with Crippen LogP contribution in [-0.2, 0) is 9.84 Å². The van der Waals surface area contributed by atoms with Crippen LogP contribution in [0.25, 0.3) is 0 Å². The highest BCUT2D eigenvalue weighted by atomic mass is 32.2. The fourth-order valence-electron chi connectivity index (χ4n) is 1.83. The molecule has 7 nitrogen and oxygen atoms in total. The third-order valence-electron chi connectivity index (χ3n) is 2.84. The zero-order valence-corrected chi connectivity index (χ0v) is 10.4. The molecule has 3 N–H and O–H groups in total. The van der Waals surface area contributed by atoms with Crippen LogP contribution in [0.4, 0.5) is 11.6 Å². The van der Waals surface area contributed by atoms with E-state index in [-0.39, 0.29) is 11.5 Å². The molecule has 2 rings (SSSR count). The lowest BCUT2D eigenvalue weighted by Crippen LogP contribution is -2.41. The number of hydrazine groups is 1. The molecule has 0 amide bonds. The number of nitrogen functional groups attached to an aromatic ring is 1. The molecule has 0 bridgehead atoms. The maximum Gasteiger partial charge on any atom is 0.153 e. The molecule has 1 aliphatic rings. The summed E-state index contributed by atoms with van der Waals surface area (Å²) >= 11 is 0. The predicted octanol–water partition coefficient (Wildman–Crippen LogP) is -0.695. The molecule has 0 radical (unpaired) electrons. The maximum atomic E-state index is 11.3. The number of hydrogen-bond acceptors (Lipinski definition) is 7. The lowest BCUT2D eigenvalue weighted by atomic mass is 10.3. The lowest BCUT2D eigenvalue weighted by Gasteiger charge is -2.29. The highest BCUT2D eigenvalue weighted by Crippen LogP contribution is 2.22. The Morgan fingerprint density at radius 1 is 1.35 bits per heavy atom. The third-order valence-corrected chi connectivity index (χ3v) is 4.45. The zero-order valence-electron chi connectivity index (χ0n) is 9.55. The number of nitrogens with zero attached hydrogens (tertiary/aromatic N) is 3. The molecule has 1 aromatic heterocycles. The van der Waals surface area contributed by atoms with Crippen molar-refractivity contribution in [3.8, 4) is 0 Å². The Bertz CT molecular complexity index is 502. The second-order valence-corrected chi connectivity index (χ2v) is 6.26. The Morgan fingerprint density at radius 3 is 2.59 bits per heavy atom. The van der Waals surface area contributed by atoms with E-state index in [0.717, 1.165) is 11.4 Å². The molecule has 0 unspecified atom stereocenters. The number of sulfone groups is 1. The van der Waals surface area contributed by atoms with Crippen LogP contribution in [0.3, 0.4) is 0 Å². The van der Waals surface area contributed by atoms with Crippen LogP contribution in [0.2, 0.25) is 0 Å². The van der Waals surface area contributed by atoms with E-state index in [1.807, 2.05) is 11.8 Å². The average molecular weight is 257 g/mol. The highest BCUT2D eigenvalue weighted by Gasteiger charge is 2.24. The molecule has 94 valence electrons. The maximum absolute atomic E-state index is 11.3. The van der Waals surface area contributed by atoms with E-state index >= 15 is 0 Å². The number of anilines is 2. The average Bonchev–Trinajstić information content (AvgIpc) is 2.30. The van der Waals surface area contributed by atoms with Crippen molar-refractivity contribution in [2.24, 2.45) is 5.84 Å². The van der Waals surface area contributed by atoms with Crippen molar-refractivity contribution < 1.29 is 8.42 Å². The van der Waals surface area contributed by atoms with Crippen LogP contribution in [0.5, 0.6) is 0 Å². The minimum atomic E-state index is -2.88. The first-order valence-electron chi connectivity index (χ1n) is 5.27. The Labute approximate surface area is 99.9 Å². The van der Waals surface area contributed by atoms with Crippen LogP contribution in [0.15, 0.2) is 6.33 Å². The molecule has 0 spiro atoms. The van der Waals surface area contributed by atoms with Gasteiger partial charge in [0, 0.05) is 18.7 Å². The van der Waals surface area contributed by atoms with Crippen molar-refractivity contribution in [2.45, 2.75) is 6.92 Å².